The SMILES string of the molecule is CC(C)(C)c1ccc(=O)n(CC2CCCN2Cc2nncn2C2CC2)n1. The van der Waals surface area contributed by atoms with Crippen LogP contribution in [-0.4, -0.2) is 42.0 Å². The Bertz CT molecular complexity index is 829. The van der Waals surface area contributed by atoms with E-state index in [0.717, 1.165) is 37.4 Å². The van der Waals surface area contributed by atoms with Gasteiger partial charge in [-0.2, -0.15) is 5.10 Å². The summed E-state index contributed by atoms with van der Waals surface area (Å²) in [6.07, 6.45) is 6.55. The first kappa shape index (κ1) is 17.4. The van der Waals surface area contributed by atoms with Gasteiger partial charge >= 0.3 is 0 Å². The average Bonchev–Trinajstić information content (AvgIpc) is 3.17. The molecule has 0 amide bonds. The summed E-state index contributed by atoms with van der Waals surface area (Å²) in [5.74, 6) is 1.04. The normalized spacial score (nSPS) is 21.4. The summed E-state index contributed by atoms with van der Waals surface area (Å²) in [5.41, 5.74) is 0.868. The monoisotopic (exact) mass is 356 g/mol. The first-order chi connectivity index (χ1) is 12.4. The van der Waals surface area contributed by atoms with Crippen LogP contribution in [0.2, 0.25) is 0 Å². The highest BCUT2D eigenvalue weighted by Crippen LogP contribution is 2.35. The first-order valence-corrected chi connectivity index (χ1v) is 9.63. The summed E-state index contributed by atoms with van der Waals surface area (Å²) in [6.45, 7) is 8.84. The third kappa shape index (κ3) is 3.58. The minimum Gasteiger partial charge on any atom is -0.313 e. The van der Waals surface area contributed by atoms with E-state index in [1.807, 2.05) is 12.4 Å². The molecule has 1 atom stereocenters. The number of aromatic nitrogens is 5. The van der Waals surface area contributed by atoms with Crippen LogP contribution in [0.5, 0.6) is 0 Å². The minimum absolute atomic E-state index is 0.0222. The van der Waals surface area contributed by atoms with Crippen LogP contribution in [0.25, 0.3) is 0 Å². The van der Waals surface area contributed by atoms with Crippen molar-refractivity contribution in [3.63, 3.8) is 0 Å². The van der Waals surface area contributed by atoms with Gasteiger partial charge in [0.25, 0.3) is 5.56 Å². The molecule has 0 radical (unpaired) electrons. The molecule has 2 aromatic rings. The van der Waals surface area contributed by atoms with E-state index in [1.165, 1.54) is 12.8 Å². The molecule has 1 unspecified atom stereocenters. The van der Waals surface area contributed by atoms with Crippen LogP contribution in [0.3, 0.4) is 0 Å². The lowest BCUT2D eigenvalue weighted by atomic mass is 9.92. The van der Waals surface area contributed by atoms with Gasteiger partial charge in [0.15, 0.2) is 0 Å². The van der Waals surface area contributed by atoms with Crippen molar-refractivity contribution >= 4 is 0 Å². The maximum atomic E-state index is 12.3. The predicted octanol–water partition coefficient (Wildman–Crippen LogP) is 2.13. The second kappa shape index (κ2) is 6.61. The fourth-order valence-corrected chi connectivity index (χ4v) is 3.71. The summed E-state index contributed by atoms with van der Waals surface area (Å²) in [5, 5.41) is 13.1. The van der Waals surface area contributed by atoms with Crippen LogP contribution >= 0.6 is 0 Å². The number of nitrogens with zero attached hydrogens (tertiary/aromatic N) is 6. The van der Waals surface area contributed by atoms with Crippen LogP contribution < -0.4 is 5.56 Å². The molecule has 0 spiro atoms. The fourth-order valence-electron chi connectivity index (χ4n) is 3.71. The minimum atomic E-state index is -0.0640. The Morgan fingerprint density at radius 2 is 2.00 bits per heavy atom. The fraction of sp³-hybridized carbons (Fsp3) is 0.684. The summed E-state index contributed by atoms with van der Waals surface area (Å²) in [7, 11) is 0. The van der Waals surface area contributed by atoms with Crippen LogP contribution in [0, 0.1) is 0 Å². The standard InChI is InChI=1S/C19H28N6O/c1-19(2,3)16-8-9-18(26)25(22-16)11-15-5-4-10-23(15)12-17-21-20-13-24(17)14-6-7-14/h8-9,13-15H,4-7,10-12H2,1-3H3. The van der Waals surface area contributed by atoms with Crippen LogP contribution in [0.15, 0.2) is 23.3 Å². The summed E-state index contributed by atoms with van der Waals surface area (Å²) in [4.78, 5) is 14.7. The number of rotatable bonds is 5. The molecule has 1 aliphatic heterocycles. The van der Waals surface area contributed by atoms with Gasteiger partial charge < -0.3 is 4.57 Å². The van der Waals surface area contributed by atoms with E-state index >= 15 is 0 Å². The molecule has 7 heteroatoms. The third-order valence-electron chi connectivity index (χ3n) is 5.45. The van der Waals surface area contributed by atoms with Gasteiger partial charge in [0.2, 0.25) is 0 Å². The highest BCUT2D eigenvalue weighted by atomic mass is 16.1. The molecule has 2 aliphatic rings. The van der Waals surface area contributed by atoms with Crippen molar-refractivity contribution < 1.29 is 0 Å². The molecule has 1 aliphatic carbocycles. The molecule has 0 N–H and O–H groups in total. The van der Waals surface area contributed by atoms with E-state index in [9.17, 15) is 4.79 Å². The third-order valence-corrected chi connectivity index (χ3v) is 5.45. The molecule has 4 rings (SSSR count). The van der Waals surface area contributed by atoms with Crippen LogP contribution in [-0.2, 0) is 18.5 Å². The van der Waals surface area contributed by atoms with E-state index in [4.69, 9.17) is 0 Å². The lowest BCUT2D eigenvalue weighted by molar-refractivity contribution is 0.208. The Morgan fingerprint density at radius 1 is 1.19 bits per heavy atom. The molecule has 0 bridgehead atoms. The highest BCUT2D eigenvalue weighted by molar-refractivity contribution is 5.10. The summed E-state index contributed by atoms with van der Waals surface area (Å²) < 4.78 is 3.87. The Labute approximate surface area is 154 Å². The Kier molecular flexibility index (Phi) is 4.42. The first-order valence-electron chi connectivity index (χ1n) is 9.63. The van der Waals surface area contributed by atoms with E-state index in [-0.39, 0.29) is 11.0 Å². The number of hydrogen-bond acceptors (Lipinski definition) is 5. The Balaban J connectivity index is 1.50. The van der Waals surface area contributed by atoms with Gasteiger partial charge in [-0.05, 0) is 38.3 Å². The van der Waals surface area contributed by atoms with Crippen molar-refractivity contribution in [2.75, 3.05) is 6.54 Å². The molecular formula is C19H28N6O. The maximum absolute atomic E-state index is 12.3. The molecule has 2 aromatic heterocycles. The molecule has 2 fully saturated rings. The second-order valence-corrected chi connectivity index (χ2v) is 8.64. The topological polar surface area (TPSA) is 68.8 Å². The van der Waals surface area contributed by atoms with Gasteiger partial charge in [0.05, 0.1) is 18.8 Å². The van der Waals surface area contributed by atoms with E-state index < -0.39 is 0 Å². The van der Waals surface area contributed by atoms with E-state index in [0.29, 0.717) is 18.6 Å². The molecule has 26 heavy (non-hydrogen) atoms. The predicted molar refractivity (Wildman–Crippen MR) is 98.9 cm³/mol. The number of likely N-dealkylation sites (tertiary alicyclic amines) is 1. The van der Waals surface area contributed by atoms with Crippen molar-refractivity contribution in [1.29, 1.82) is 0 Å². The molecule has 0 aromatic carbocycles. The number of hydrogen-bond donors (Lipinski definition) is 0. The van der Waals surface area contributed by atoms with E-state index in [2.05, 4.69) is 45.5 Å². The van der Waals surface area contributed by atoms with Crippen molar-refractivity contribution in [1.82, 2.24) is 29.4 Å². The van der Waals surface area contributed by atoms with Crippen molar-refractivity contribution in [2.45, 2.75) is 77.0 Å². The smallest absolute Gasteiger partial charge is 0.266 e. The molecule has 3 heterocycles. The van der Waals surface area contributed by atoms with Crippen molar-refractivity contribution in [3.8, 4) is 0 Å². The zero-order valence-corrected chi connectivity index (χ0v) is 15.9. The van der Waals surface area contributed by atoms with Gasteiger partial charge in [-0.1, -0.05) is 20.8 Å². The molecule has 7 nitrogen and oxygen atoms in total. The molecular weight excluding hydrogens is 328 g/mol. The van der Waals surface area contributed by atoms with E-state index in [1.54, 1.807) is 10.7 Å². The Hall–Kier alpha value is -2.02. The largest absolute Gasteiger partial charge is 0.313 e. The van der Waals surface area contributed by atoms with Crippen molar-refractivity contribution in [2.24, 2.45) is 0 Å². The van der Waals surface area contributed by atoms with Crippen molar-refractivity contribution in [3.05, 3.63) is 40.3 Å². The average molecular weight is 356 g/mol. The van der Waals surface area contributed by atoms with Gasteiger partial charge in [0.1, 0.15) is 12.2 Å². The zero-order valence-electron chi connectivity index (χ0n) is 15.9. The lowest BCUT2D eigenvalue weighted by Gasteiger charge is -2.25. The second-order valence-electron chi connectivity index (χ2n) is 8.64. The van der Waals surface area contributed by atoms with Crippen LogP contribution in [0.1, 0.15) is 64.0 Å². The molecule has 1 saturated heterocycles. The van der Waals surface area contributed by atoms with Gasteiger partial charge in [-0.25, -0.2) is 4.68 Å². The van der Waals surface area contributed by atoms with Crippen LogP contribution in [0.4, 0.5) is 0 Å². The lowest BCUT2D eigenvalue weighted by Crippen LogP contribution is -2.38. The maximum Gasteiger partial charge on any atom is 0.266 e. The summed E-state index contributed by atoms with van der Waals surface area (Å²) >= 11 is 0. The molecule has 140 valence electrons. The zero-order chi connectivity index (χ0) is 18.3. The van der Waals surface area contributed by atoms with Gasteiger partial charge in [0, 0.05) is 23.6 Å². The quantitative estimate of drug-likeness (QED) is 0.821. The van der Waals surface area contributed by atoms with Gasteiger partial charge in [-0.15, -0.1) is 10.2 Å². The summed E-state index contributed by atoms with van der Waals surface area (Å²) in [6, 6.07) is 4.41. The Morgan fingerprint density at radius 3 is 2.73 bits per heavy atom. The molecule has 1 saturated carbocycles. The highest BCUT2D eigenvalue weighted by Gasteiger charge is 2.30. The van der Waals surface area contributed by atoms with Gasteiger partial charge in [-0.3, -0.25) is 9.69 Å².